The first-order valence-corrected chi connectivity index (χ1v) is 5.63. The monoisotopic (exact) mass is 319 g/mol. The van der Waals surface area contributed by atoms with E-state index in [9.17, 15) is 14.9 Å². The lowest BCUT2D eigenvalue weighted by molar-refractivity contribution is -0.384. The number of carboxylic acid groups (broad SMARTS) is 1. The van der Waals surface area contributed by atoms with Gasteiger partial charge in [0, 0.05) is 23.3 Å². The summed E-state index contributed by atoms with van der Waals surface area (Å²) < 4.78 is 5.27. The lowest BCUT2D eigenvalue weighted by atomic mass is 10.4. The van der Waals surface area contributed by atoms with Gasteiger partial charge in [-0.1, -0.05) is 0 Å². The Balaban J connectivity index is 2.51. The summed E-state index contributed by atoms with van der Waals surface area (Å²) in [7, 11) is 0. The third-order valence-electron chi connectivity index (χ3n) is 1.80. The van der Waals surface area contributed by atoms with Gasteiger partial charge < -0.3 is 15.2 Å². The van der Waals surface area contributed by atoms with Gasteiger partial charge in [-0.3, -0.25) is 10.1 Å². The van der Waals surface area contributed by atoms with Crippen LogP contribution in [0.5, 0.6) is 0 Å². The first-order chi connectivity index (χ1) is 8.50. The number of carbonyl (C=O) groups is 1. The molecule has 0 aliphatic carbocycles. The number of nitrogens with one attached hydrogen (secondary N) is 1. The molecule has 0 aliphatic rings. The van der Waals surface area contributed by atoms with E-state index in [1.165, 1.54) is 12.3 Å². The van der Waals surface area contributed by atoms with E-state index in [-0.39, 0.29) is 24.7 Å². The standard InChI is InChI=1S/C9H10BrN3O5/c10-6-3-7(13(16)17)9(12-4-6)11-1-2-18-5-8(14)15/h3-4H,1-2,5H2,(H,11,12)(H,14,15). The number of carboxylic acids is 1. The van der Waals surface area contributed by atoms with E-state index in [1.807, 2.05) is 0 Å². The van der Waals surface area contributed by atoms with Crippen LogP contribution in [0, 0.1) is 10.1 Å². The molecule has 0 aromatic carbocycles. The second kappa shape index (κ2) is 6.87. The van der Waals surface area contributed by atoms with Crippen molar-refractivity contribution in [3.05, 3.63) is 26.9 Å². The van der Waals surface area contributed by atoms with Crippen molar-refractivity contribution in [1.29, 1.82) is 0 Å². The lowest BCUT2D eigenvalue weighted by Gasteiger charge is -2.06. The maximum Gasteiger partial charge on any atom is 0.329 e. The molecule has 98 valence electrons. The van der Waals surface area contributed by atoms with Gasteiger partial charge >= 0.3 is 11.7 Å². The minimum atomic E-state index is -1.07. The van der Waals surface area contributed by atoms with Crippen LogP contribution in [0.4, 0.5) is 11.5 Å². The maximum absolute atomic E-state index is 10.7. The number of hydrogen-bond acceptors (Lipinski definition) is 6. The molecule has 0 fully saturated rings. The second-order valence-corrected chi connectivity index (χ2v) is 4.07. The number of anilines is 1. The van der Waals surface area contributed by atoms with Gasteiger partial charge in [-0.2, -0.15) is 0 Å². The van der Waals surface area contributed by atoms with Crippen molar-refractivity contribution in [1.82, 2.24) is 4.98 Å². The third kappa shape index (κ3) is 4.63. The molecule has 8 nitrogen and oxygen atoms in total. The van der Waals surface area contributed by atoms with E-state index in [2.05, 4.69) is 26.2 Å². The Morgan fingerprint density at radius 1 is 1.67 bits per heavy atom. The molecule has 9 heteroatoms. The van der Waals surface area contributed by atoms with E-state index in [4.69, 9.17) is 9.84 Å². The Kier molecular flexibility index (Phi) is 5.46. The summed E-state index contributed by atoms with van der Waals surface area (Å²) in [5, 5.41) is 21.8. The molecular formula is C9H10BrN3O5. The summed E-state index contributed by atoms with van der Waals surface area (Å²) in [6, 6.07) is 1.33. The zero-order valence-electron chi connectivity index (χ0n) is 9.13. The molecule has 1 aromatic rings. The first kappa shape index (κ1) is 14.3. The minimum Gasteiger partial charge on any atom is -0.480 e. The van der Waals surface area contributed by atoms with Crippen LogP contribution in [0.2, 0.25) is 0 Å². The molecule has 1 heterocycles. The third-order valence-corrected chi connectivity index (χ3v) is 2.23. The molecule has 1 aromatic heterocycles. The van der Waals surface area contributed by atoms with Crippen molar-refractivity contribution in [2.45, 2.75) is 0 Å². The number of nitrogens with zero attached hydrogens (tertiary/aromatic N) is 2. The highest BCUT2D eigenvalue weighted by molar-refractivity contribution is 9.10. The number of nitro groups is 1. The van der Waals surface area contributed by atoms with E-state index >= 15 is 0 Å². The van der Waals surface area contributed by atoms with Gasteiger partial charge in [0.25, 0.3) is 0 Å². The van der Waals surface area contributed by atoms with Crippen molar-refractivity contribution in [3.8, 4) is 0 Å². The summed E-state index contributed by atoms with van der Waals surface area (Å²) in [5.41, 5.74) is -0.164. The van der Waals surface area contributed by atoms with Gasteiger partial charge in [-0.25, -0.2) is 9.78 Å². The average Bonchev–Trinajstić information content (AvgIpc) is 2.29. The Labute approximate surface area is 110 Å². The van der Waals surface area contributed by atoms with Crippen LogP contribution in [-0.2, 0) is 9.53 Å². The van der Waals surface area contributed by atoms with Crippen LogP contribution in [0.3, 0.4) is 0 Å². The van der Waals surface area contributed by atoms with Crippen molar-refractivity contribution in [2.75, 3.05) is 25.1 Å². The molecule has 0 amide bonds. The molecule has 0 saturated carbocycles. The highest BCUT2D eigenvalue weighted by Gasteiger charge is 2.15. The summed E-state index contributed by atoms with van der Waals surface area (Å²) in [4.78, 5) is 24.2. The predicted molar refractivity (Wildman–Crippen MR) is 65.5 cm³/mol. The Morgan fingerprint density at radius 3 is 3.00 bits per heavy atom. The summed E-state index contributed by atoms with van der Waals surface area (Å²) in [5.74, 6) is -0.954. The fourth-order valence-corrected chi connectivity index (χ4v) is 1.42. The smallest absolute Gasteiger partial charge is 0.329 e. The number of aromatic nitrogens is 1. The first-order valence-electron chi connectivity index (χ1n) is 4.84. The van der Waals surface area contributed by atoms with E-state index in [0.29, 0.717) is 4.47 Å². The highest BCUT2D eigenvalue weighted by atomic mass is 79.9. The topological polar surface area (TPSA) is 115 Å². The van der Waals surface area contributed by atoms with Crippen LogP contribution < -0.4 is 5.32 Å². The van der Waals surface area contributed by atoms with E-state index in [1.54, 1.807) is 0 Å². The average molecular weight is 320 g/mol. The number of hydrogen-bond donors (Lipinski definition) is 2. The lowest BCUT2D eigenvalue weighted by Crippen LogP contribution is -2.15. The molecule has 1 rings (SSSR count). The van der Waals surface area contributed by atoms with E-state index in [0.717, 1.165) is 0 Å². The van der Waals surface area contributed by atoms with E-state index < -0.39 is 17.5 Å². The molecule has 2 N–H and O–H groups in total. The Bertz CT molecular complexity index is 454. The largest absolute Gasteiger partial charge is 0.480 e. The zero-order chi connectivity index (χ0) is 13.5. The minimum absolute atomic E-state index is 0.112. The van der Waals surface area contributed by atoms with Gasteiger partial charge in [-0.15, -0.1) is 0 Å². The van der Waals surface area contributed by atoms with Gasteiger partial charge in [0.05, 0.1) is 11.5 Å². The summed E-state index contributed by atoms with van der Waals surface area (Å²) in [6.45, 7) is -0.0680. The van der Waals surface area contributed by atoms with Gasteiger partial charge in [0.1, 0.15) is 6.61 Å². The molecule has 0 spiro atoms. The van der Waals surface area contributed by atoms with Crippen molar-refractivity contribution < 1.29 is 19.6 Å². The molecule has 0 saturated heterocycles. The number of aliphatic carboxylic acids is 1. The number of pyridine rings is 1. The van der Waals surface area contributed by atoms with Crippen LogP contribution in [0.15, 0.2) is 16.7 Å². The molecule has 0 aliphatic heterocycles. The SMILES string of the molecule is O=C(O)COCCNc1ncc(Br)cc1[N+](=O)[O-]. The van der Waals surface area contributed by atoms with Crippen molar-refractivity contribution in [3.63, 3.8) is 0 Å². The molecule has 18 heavy (non-hydrogen) atoms. The van der Waals surface area contributed by atoms with Crippen molar-refractivity contribution >= 4 is 33.4 Å². The maximum atomic E-state index is 10.7. The quantitative estimate of drug-likeness (QED) is 0.441. The fourth-order valence-electron chi connectivity index (χ4n) is 1.11. The predicted octanol–water partition coefficient (Wildman–Crippen LogP) is 1.27. The molecular weight excluding hydrogens is 310 g/mol. The molecule has 0 atom stereocenters. The number of rotatable bonds is 7. The van der Waals surface area contributed by atoms with Gasteiger partial charge in [0.2, 0.25) is 5.82 Å². The van der Waals surface area contributed by atoms with Crippen LogP contribution in [0.1, 0.15) is 0 Å². The number of halogens is 1. The molecule has 0 radical (unpaired) electrons. The van der Waals surface area contributed by atoms with Crippen LogP contribution >= 0.6 is 15.9 Å². The Hall–Kier alpha value is -1.74. The number of ether oxygens (including phenoxy) is 1. The van der Waals surface area contributed by atoms with Gasteiger partial charge in [-0.05, 0) is 15.9 Å². The summed E-state index contributed by atoms with van der Waals surface area (Å²) in [6.07, 6.45) is 1.42. The fraction of sp³-hybridized carbons (Fsp3) is 0.333. The summed E-state index contributed by atoms with van der Waals surface area (Å²) >= 11 is 3.09. The Morgan fingerprint density at radius 2 is 2.39 bits per heavy atom. The zero-order valence-corrected chi connectivity index (χ0v) is 10.7. The van der Waals surface area contributed by atoms with Crippen LogP contribution in [0.25, 0.3) is 0 Å². The molecule has 0 bridgehead atoms. The molecule has 0 unspecified atom stereocenters. The second-order valence-electron chi connectivity index (χ2n) is 3.15. The van der Waals surface area contributed by atoms with Crippen molar-refractivity contribution in [2.24, 2.45) is 0 Å². The highest BCUT2D eigenvalue weighted by Crippen LogP contribution is 2.24. The van der Waals surface area contributed by atoms with Crippen LogP contribution in [-0.4, -0.2) is 40.7 Å². The van der Waals surface area contributed by atoms with Gasteiger partial charge in [0.15, 0.2) is 0 Å². The normalized spacial score (nSPS) is 10.1.